The number of hydrogen-bond acceptors (Lipinski definition) is 7. The zero-order chi connectivity index (χ0) is 25.1. The number of carbonyl (C=O) groups is 1. The average molecular weight is 491 g/mol. The third-order valence-electron chi connectivity index (χ3n) is 7.12. The van der Waals surface area contributed by atoms with E-state index in [4.69, 9.17) is 10.5 Å². The van der Waals surface area contributed by atoms with Crippen LogP contribution in [0.15, 0.2) is 42.9 Å². The summed E-state index contributed by atoms with van der Waals surface area (Å²) in [5.41, 5.74) is 9.45. The number of likely N-dealkylation sites (tertiary alicyclic amines) is 1. The smallest absolute Gasteiger partial charge is 0.256 e. The molecule has 2 aliphatic rings. The van der Waals surface area contributed by atoms with E-state index in [2.05, 4.69) is 19.9 Å². The molecule has 2 aliphatic heterocycles. The van der Waals surface area contributed by atoms with Crippen molar-refractivity contribution in [3.63, 3.8) is 0 Å². The molecule has 3 aromatic rings. The molecule has 0 atom stereocenters. The zero-order valence-corrected chi connectivity index (χ0v) is 20.5. The van der Waals surface area contributed by atoms with Crippen molar-refractivity contribution in [3.8, 4) is 22.4 Å². The Hall–Kier alpha value is -3.43. The van der Waals surface area contributed by atoms with Gasteiger partial charge in [0.15, 0.2) is 0 Å². The number of rotatable bonds is 5. The van der Waals surface area contributed by atoms with Gasteiger partial charge in [-0.2, -0.15) is 0 Å². The lowest BCUT2D eigenvalue weighted by molar-refractivity contribution is 0.00154. The van der Waals surface area contributed by atoms with Gasteiger partial charge in [-0.1, -0.05) is 13.0 Å². The fourth-order valence-electron chi connectivity index (χ4n) is 5.15. The maximum Gasteiger partial charge on any atom is 0.256 e. The fourth-order valence-corrected chi connectivity index (χ4v) is 5.15. The molecule has 8 nitrogen and oxygen atoms in total. The highest BCUT2D eigenvalue weighted by molar-refractivity contribution is 5.95. The number of benzene rings is 1. The molecule has 0 bridgehead atoms. The first kappa shape index (κ1) is 24.3. The Balaban J connectivity index is 1.36. The summed E-state index contributed by atoms with van der Waals surface area (Å²) in [6.07, 6.45) is 5.62. The van der Waals surface area contributed by atoms with Crippen LogP contribution in [0.4, 0.5) is 10.2 Å². The van der Waals surface area contributed by atoms with E-state index in [0.717, 1.165) is 56.0 Å². The van der Waals surface area contributed by atoms with Gasteiger partial charge in [0.1, 0.15) is 18.0 Å². The van der Waals surface area contributed by atoms with Crippen molar-refractivity contribution in [1.82, 2.24) is 24.8 Å². The van der Waals surface area contributed by atoms with Crippen LogP contribution in [0.5, 0.6) is 0 Å². The molecule has 2 N–H and O–H groups in total. The topological polar surface area (TPSA) is 97.5 Å². The molecule has 0 radical (unpaired) electrons. The van der Waals surface area contributed by atoms with Crippen molar-refractivity contribution in [1.29, 1.82) is 0 Å². The first-order valence-electron chi connectivity index (χ1n) is 12.5. The quantitative estimate of drug-likeness (QED) is 0.585. The number of anilines is 1. The standard InChI is InChI=1S/C27H31FN6O2/c1-2-23-25(19-4-6-24(29)30-16-19)26(32-17-31-23)18-3-5-21(22(28)15-18)27(35)34-9-7-20(8-10-34)33-11-13-36-14-12-33/h3-6,15-17,20H,2,7-14H2,1H3,(H2,29,30). The van der Waals surface area contributed by atoms with E-state index in [1.54, 1.807) is 29.3 Å². The first-order valence-corrected chi connectivity index (χ1v) is 12.5. The van der Waals surface area contributed by atoms with Gasteiger partial charge in [-0.05, 0) is 43.5 Å². The summed E-state index contributed by atoms with van der Waals surface area (Å²) in [7, 11) is 0. The van der Waals surface area contributed by atoms with Gasteiger partial charge in [0, 0.05) is 55.1 Å². The SMILES string of the molecule is CCc1ncnc(-c2ccc(C(=O)N3CCC(N4CCOCC4)CC3)c(F)c2)c1-c1ccc(N)nc1. The molecule has 0 unspecified atom stereocenters. The molecular weight excluding hydrogens is 459 g/mol. The van der Waals surface area contributed by atoms with Gasteiger partial charge in [-0.15, -0.1) is 0 Å². The summed E-state index contributed by atoms with van der Waals surface area (Å²) < 4.78 is 20.8. The van der Waals surface area contributed by atoms with E-state index in [0.29, 0.717) is 42.6 Å². The number of nitrogens with two attached hydrogens (primary N) is 1. The van der Waals surface area contributed by atoms with Gasteiger partial charge < -0.3 is 15.4 Å². The normalized spacial score (nSPS) is 17.3. The number of aryl methyl sites for hydroxylation is 1. The van der Waals surface area contributed by atoms with Crippen molar-refractivity contribution in [3.05, 3.63) is 59.9 Å². The van der Waals surface area contributed by atoms with Crippen molar-refractivity contribution >= 4 is 11.7 Å². The van der Waals surface area contributed by atoms with Crippen molar-refractivity contribution in [2.45, 2.75) is 32.2 Å². The van der Waals surface area contributed by atoms with Crippen LogP contribution >= 0.6 is 0 Å². The average Bonchev–Trinajstić information content (AvgIpc) is 2.93. The number of nitrogen functional groups attached to an aromatic ring is 1. The molecule has 2 saturated heterocycles. The summed E-state index contributed by atoms with van der Waals surface area (Å²) >= 11 is 0. The van der Waals surface area contributed by atoms with Crippen LogP contribution in [0.1, 0.15) is 35.8 Å². The second-order valence-corrected chi connectivity index (χ2v) is 9.24. The zero-order valence-electron chi connectivity index (χ0n) is 20.5. The number of aromatic nitrogens is 3. The summed E-state index contributed by atoms with van der Waals surface area (Å²) in [5, 5.41) is 0. The van der Waals surface area contributed by atoms with Gasteiger partial charge in [0.2, 0.25) is 0 Å². The van der Waals surface area contributed by atoms with E-state index < -0.39 is 5.82 Å². The van der Waals surface area contributed by atoms with E-state index in [1.807, 2.05) is 13.0 Å². The lowest BCUT2D eigenvalue weighted by atomic mass is 9.96. The number of carbonyl (C=O) groups excluding carboxylic acids is 1. The number of ether oxygens (including phenoxy) is 1. The molecule has 188 valence electrons. The molecule has 0 saturated carbocycles. The maximum absolute atomic E-state index is 15.3. The van der Waals surface area contributed by atoms with Gasteiger partial charge in [0.05, 0.1) is 30.2 Å². The number of nitrogens with zero attached hydrogens (tertiary/aromatic N) is 5. The van der Waals surface area contributed by atoms with Gasteiger partial charge in [0.25, 0.3) is 5.91 Å². The molecule has 1 amide bonds. The van der Waals surface area contributed by atoms with Crippen LogP contribution in [0.2, 0.25) is 0 Å². The fraction of sp³-hybridized carbons (Fsp3) is 0.407. The molecule has 2 aromatic heterocycles. The second-order valence-electron chi connectivity index (χ2n) is 9.24. The highest BCUT2D eigenvalue weighted by atomic mass is 19.1. The van der Waals surface area contributed by atoms with E-state index in [-0.39, 0.29) is 11.5 Å². The number of morpholine rings is 1. The maximum atomic E-state index is 15.3. The Morgan fingerprint density at radius 2 is 1.81 bits per heavy atom. The van der Waals surface area contributed by atoms with Crippen LogP contribution in [-0.4, -0.2) is 76.1 Å². The second kappa shape index (κ2) is 10.7. The van der Waals surface area contributed by atoms with Crippen molar-refractivity contribution in [2.24, 2.45) is 0 Å². The molecule has 36 heavy (non-hydrogen) atoms. The first-order chi connectivity index (χ1) is 17.5. The number of hydrogen-bond donors (Lipinski definition) is 1. The molecule has 0 aliphatic carbocycles. The Labute approximate surface area is 210 Å². The Morgan fingerprint density at radius 3 is 2.47 bits per heavy atom. The number of amides is 1. The van der Waals surface area contributed by atoms with E-state index >= 15 is 4.39 Å². The van der Waals surface area contributed by atoms with Crippen molar-refractivity contribution < 1.29 is 13.9 Å². The molecule has 0 spiro atoms. The van der Waals surface area contributed by atoms with Crippen LogP contribution in [0.25, 0.3) is 22.4 Å². The van der Waals surface area contributed by atoms with E-state index in [1.165, 1.54) is 12.4 Å². The lowest BCUT2D eigenvalue weighted by Crippen LogP contribution is -2.50. The summed E-state index contributed by atoms with van der Waals surface area (Å²) in [6.45, 7) is 6.66. The number of halogens is 1. The van der Waals surface area contributed by atoms with Gasteiger partial charge >= 0.3 is 0 Å². The summed E-state index contributed by atoms with van der Waals surface area (Å²) in [6, 6.07) is 8.75. The minimum atomic E-state index is -0.550. The molecule has 1 aromatic carbocycles. The number of pyridine rings is 1. The Morgan fingerprint density at radius 1 is 1.06 bits per heavy atom. The largest absolute Gasteiger partial charge is 0.384 e. The monoisotopic (exact) mass is 490 g/mol. The third kappa shape index (κ3) is 4.94. The lowest BCUT2D eigenvalue weighted by Gasteiger charge is -2.40. The minimum absolute atomic E-state index is 0.0871. The van der Waals surface area contributed by atoms with Crippen LogP contribution in [0.3, 0.4) is 0 Å². The van der Waals surface area contributed by atoms with Crippen LogP contribution in [0, 0.1) is 5.82 Å². The van der Waals surface area contributed by atoms with Gasteiger partial charge in [-0.3, -0.25) is 9.69 Å². The minimum Gasteiger partial charge on any atom is -0.384 e. The summed E-state index contributed by atoms with van der Waals surface area (Å²) in [5.74, 6) is -0.400. The van der Waals surface area contributed by atoms with Crippen LogP contribution in [-0.2, 0) is 11.2 Å². The highest BCUT2D eigenvalue weighted by Gasteiger charge is 2.29. The van der Waals surface area contributed by atoms with Gasteiger partial charge in [-0.25, -0.2) is 19.3 Å². The Bertz CT molecular complexity index is 1220. The molecular formula is C27H31FN6O2. The molecule has 5 rings (SSSR count). The Kier molecular flexibility index (Phi) is 7.20. The molecule has 4 heterocycles. The highest BCUT2D eigenvalue weighted by Crippen LogP contribution is 2.33. The number of piperidine rings is 1. The van der Waals surface area contributed by atoms with Crippen LogP contribution < -0.4 is 5.73 Å². The van der Waals surface area contributed by atoms with Crippen molar-refractivity contribution in [2.75, 3.05) is 45.1 Å². The third-order valence-corrected chi connectivity index (χ3v) is 7.12. The molecule has 2 fully saturated rings. The predicted molar refractivity (Wildman–Crippen MR) is 136 cm³/mol. The van der Waals surface area contributed by atoms with E-state index in [9.17, 15) is 4.79 Å². The molecule has 9 heteroatoms. The summed E-state index contributed by atoms with van der Waals surface area (Å²) in [4.78, 5) is 30.5. The predicted octanol–water partition coefficient (Wildman–Crippen LogP) is 3.43.